The molecular weight excluding hydrogens is 178 g/mol. The maximum absolute atomic E-state index is 11.6. The molecule has 0 aromatic carbocycles. The standard InChI is InChI=1S/C10H17N3O/c1-6-7-8(13(4)5)11-9(14)10(2,3)12-7/h6,12H,1H2,2-5H3,(H,11,14). The fourth-order valence-corrected chi connectivity index (χ4v) is 1.28. The highest BCUT2D eigenvalue weighted by Crippen LogP contribution is 2.16. The van der Waals surface area contributed by atoms with Crippen molar-refractivity contribution in [2.24, 2.45) is 0 Å². The summed E-state index contributed by atoms with van der Waals surface area (Å²) in [7, 11) is 3.75. The van der Waals surface area contributed by atoms with Crippen LogP contribution in [-0.4, -0.2) is 30.4 Å². The van der Waals surface area contributed by atoms with Crippen molar-refractivity contribution in [2.45, 2.75) is 19.4 Å². The van der Waals surface area contributed by atoms with Gasteiger partial charge in [0.1, 0.15) is 11.4 Å². The summed E-state index contributed by atoms with van der Waals surface area (Å²) in [6, 6.07) is 0. The molecule has 1 aliphatic heterocycles. The highest BCUT2D eigenvalue weighted by molar-refractivity contribution is 5.88. The van der Waals surface area contributed by atoms with Crippen molar-refractivity contribution in [1.29, 1.82) is 0 Å². The highest BCUT2D eigenvalue weighted by Gasteiger charge is 2.33. The first-order chi connectivity index (χ1) is 6.38. The lowest BCUT2D eigenvalue weighted by Gasteiger charge is -2.35. The topological polar surface area (TPSA) is 44.4 Å². The monoisotopic (exact) mass is 195 g/mol. The molecule has 0 atom stereocenters. The molecule has 4 heteroatoms. The minimum Gasteiger partial charge on any atom is -0.369 e. The van der Waals surface area contributed by atoms with Crippen molar-refractivity contribution < 1.29 is 4.79 Å². The van der Waals surface area contributed by atoms with Crippen LogP contribution in [0.2, 0.25) is 0 Å². The van der Waals surface area contributed by atoms with Crippen molar-refractivity contribution in [3.63, 3.8) is 0 Å². The molecule has 1 rings (SSSR count). The van der Waals surface area contributed by atoms with E-state index in [0.717, 1.165) is 11.5 Å². The summed E-state index contributed by atoms with van der Waals surface area (Å²) >= 11 is 0. The molecule has 0 bridgehead atoms. The number of hydrogen-bond donors (Lipinski definition) is 2. The molecule has 14 heavy (non-hydrogen) atoms. The second-order valence-electron chi connectivity index (χ2n) is 4.06. The van der Waals surface area contributed by atoms with Crippen molar-refractivity contribution in [3.8, 4) is 0 Å². The Labute approximate surface area is 84.7 Å². The molecule has 1 aliphatic rings. The molecule has 0 spiro atoms. The molecule has 0 radical (unpaired) electrons. The van der Waals surface area contributed by atoms with Crippen LogP contribution in [-0.2, 0) is 4.79 Å². The van der Waals surface area contributed by atoms with Gasteiger partial charge in [0.15, 0.2) is 0 Å². The molecule has 1 amide bonds. The Kier molecular flexibility index (Phi) is 2.55. The van der Waals surface area contributed by atoms with E-state index in [9.17, 15) is 4.79 Å². The maximum Gasteiger partial charge on any atom is 0.250 e. The van der Waals surface area contributed by atoms with Gasteiger partial charge in [0.05, 0.1) is 5.70 Å². The summed E-state index contributed by atoms with van der Waals surface area (Å²) in [6.07, 6.45) is 1.70. The van der Waals surface area contributed by atoms with Crippen LogP contribution in [0.3, 0.4) is 0 Å². The van der Waals surface area contributed by atoms with Crippen LogP contribution in [0.25, 0.3) is 0 Å². The molecule has 1 heterocycles. The average Bonchev–Trinajstić information content (AvgIpc) is 2.08. The summed E-state index contributed by atoms with van der Waals surface area (Å²) in [6.45, 7) is 7.37. The van der Waals surface area contributed by atoms with Crippen LogP contribution in [0.4, 0.5) is 0 Å². The second-order valence-corrected chi connectivity index (χ2v) is 4.06. The highest BCUT2D eigenvalue weighted by atomic mass is 16.2. The van der Waals surface area contributed by atoms with Gasteiger partial charge in [-0.1, -0.05) is 6.58 Å². The summed E-state index contributed by atoms with van der Waals surface area (Å²) in [5.74, 6) is 0.719. The van der Waals surface area contributed by atoms with Crippen molar-refractivity contribution in [2.75, 3.05) is 14.1 Å². The van der Waals surface area contributed by atoms with E-state index in [0.29, 0.717) is 0 Å². The molecule has 0 saturated heterocycles. The largest absolute Gasteiger partial charge is 0.369 e. The summed E-state index contributed by atoms with van der Waals surface area (Å²) in [5.41, 5.74) is 0.267. The molecule has 0 aliphatic carbocycles. The van der Waals surface area contributed by atoms with Crippen LogP contribution in [0.15, 0.2) is 24.2 Å². The number of amides is 1. The quantitative estimate of drug-likeness (QED) is 0.670. The lowest BCUT2D eigenvalue weighted by Crippen LogP contribution is -2.58. The van der Waals surface area contributed by atoms with E-state index < -0.39 is 5.54 Å². The second kappa shape index (κ2) is 3.36. The van der Waals surface area contributed by atoms with E-state index in [4.69, 9.17) is 0 Å². The average molecular weight is 195 g/mol. The van der Waals surface area contributed by atoms with Gasteiger partial charge >= 0.3 is 0 Å². The van der Waals surface area contributed by atoms with E-state index in [2.05, 4.69) is 17.2 Å². The van der Waals surface area contributed by atoms with Gasteiger partial charge in [-0.3, -0.25) is 4.79 Å². The zero-order valence-electron chi connectivity index (χ0n) is 9.14. The van der Waals surface area contributed by atoms with Crippen molar-refractivity contribution in [3.05, 3.63) is 24.2 Å². The van der Waals surface area contributed by atoms with E-state index in [-0.39, 0.29) is 5.91 Å². The Morgan fingerprint density at radius 2 is 2.00 bits per heavy atom. The van der Waals surface area contributed by atoms with Crippen molar-refractivity contribution in [1.82, 2.24) is 15.5 Å². The third kappa shape index (κ3) is 1.73. The SMILES string of the molecule is C=CC1=C(N(C)C)NC(=O)C(C)(C)N1. The Hall–Kier alpha value is -1.45. The lowest BCUT2D eigenvalue weighted by molar-refractivity contribution is -0.126. The molecular formula is C10H17N3O. The molecule has 0 unspecified atom stereocenters. The third-order valence-corrected chi connectivity index (χ3v) is 2.15. The van der Waals surface area contributed by atoms with Gasteiger partial charge < -0.3 is 15.5 Å². The summed E-state index contributed by atoms with van der Waals surface area (Å²) < 4.78 is 0. The Morgan fingerprint density at radius 1 is 1.43 bits per heavy atom. The number of nitrogens with zero attached hydrogens (tertiary/aromatic N) is 1. The number of carbonyl (C=O) groups is 1. The Balaban J connectivity index is 3.08. The van der Waals surface area contributed by atoms with Gasteiger partial charge in [-0.25, -0.2) is 0 Å². The minimum absolute atomic E-state index is 0.0354. The zero-order chi connectivity index (χ0) is 10.9. The fraction of sp³-hybridized carbons (Fsp3) is 0.500. The normalized spacial score (nSPS) is 19.9. The van der Waals surface area contributed by atoms with Crippen LogP contribution in [0.5, 0.6) is 0 Å². The first kappa shape index (κ1) is 10.6. The summed E-state index contributed by atoms with van der Waals surface area (Å²) in [5, 5.41) is 5.97. The predicted octanol–water partition coefficient (Wildman–Crippen LogP) is 0.401. The number of hydrogen-bond acceptors (Lipinski definition) is 3. The number of allylic oxidation sites excluding steroid dienone is 1. The van der Waals surface area contributed by atoms with Gasteiger partial charge in [0.2, 0.25) is 0 Å². The molecule has 0 saturated carbocycles. The number of rotatable bonds is 2. The molecule has 78 valence electrons. The van der Waals surface area contributed by atoms with Gasteiger partial charge in [-0.05, 0) is 19.9 Å². The fourth-order valence-electron chi connectivity index (χ4n) is 1.28. The summed E-state index contributed by atoms with van der Waals surface area (Å²) in [4.78, 5) is 13.5. The minimum atomic E-state index is -0.580. The van der Waals surface area contributed by atoms with E-state index in [1.165, 1.54) is 0 Å². The lowest BCUT2D eigenvalue weighted by atomic mass is 10.0. The number of nitrogens with one attached hydrogen (secondary N) is 2. The molecule has 0 aromatic heterocycles. The van der Waals surface area contributed by atoms with E-state index in [1.807, 2.05) is 32.8 Å². The molecule has 4 nitrogen and oxygen atoms in total. The zero-order valence-corrected chi connectivity index (χ0v) is 9.14. The van der Waals surface area contributed by atoms with Crippen LogP contribution >= 0.6 is 0 Å². The van der Waals surface area contributed by atoms with E-state index >= 15 is 0 Å². The van der Waals surface area contributed by atoms with Crippen molar-refractivity contribution >= 4 is 5.91 Å². The molecule has 0 fully saturated rings. The van der Waals surface area contributed by atoms with Gasteiger partial charge in [0, 0.05) is 14.1 Å². The van der Waals surface area contributed by atoms with E-state index in [1.54, 1.807) is 6.08 Å². The van der Waals surface area contributed by atoms with Gasteiger partial charge in [0.25, 0.3) is 5.91 Å². The smallest absolute Gasteiger partial charge is 0.250 e. The predicted molar refractivity (Wildman–Crippen MR) is 56.3 cm³/mol. The number of carbonyl (C=O) groups excluding carboxylic acids is 1. The van der Waals surface area contributed by atoms with Crippen LogP contribution in [0.1, 0.15) is 13.8 Å². The maximum atomic E-state index is 11.6. The molecule has 0 aromatic rings. The Morgan fingerprint density at radius 3 is 2.43 bits per heavy atom. The first-order valence-corrected chi connectivity index (χ1v) is 4.52. The first-order valence-electron chi connectivity index (χ1n) is 4.52. The Bertz CT molecular complexity index is 302. The van der Waals surface area contributed by atoms with Gasteiger partial charge in [-0.2, -0.15) is 0 Å². The van der Waals surface area contributed by atoms with Gasteiger partial charge in [-0.15, -0.1) is 0 Å². The van der Waals surface area contributed by atoms with Crippen LogP contribution in [0, 0.1) is 0 Å². The third-order valence-electron chi connectivity index (χ3n) is 2.15. The van der Waals surface area contributed by atoms with Crippen LogP contribution < -0.4 is 10.6 Å². The molecule has 2 N–H and O–H groups in total.